The molecule has 3 nitrogen and oxygen atoms in total. The second-order valence-corrected chi connectivity index (χ2v) is 8.82. The van der Waals surface area contributed by atoms with E-state index in [9.17, 15) is 0 Å². The maximum absolute atomic E-state index is 6.26. The highest BCUT2D eigenvalue weighted by molar-refractivity contribution is 5.02. The molecule has 0 radical (unpaired) electrons. The van der Waals surface area contributed by atoms with Crippen LogP contribution in [0.4, 0.5) is 0 Å². The number of piperidine rings is 1. The molecule has 0 aromatic carbocycles. The minimum absolute atomic E-state index is 0.0680. The number of nitrogens with zero attached hydrogens (tertiary/aromatic N) is 1. The lowest BCUT2D eigenvalue weighted by Crippen LogP contribution is -2.38. The molecule has 0 spiro atoms. The van der Waals surface area contributed by atoms with Crippen molar-refractivity contribution >= 4 is 0 Å². The summed E-state index contributed by atoms with van der Waals surface area (Å²) in [7, 11) is 0. The van der Waals surface area contributed by atoms with Crippen molar-refractivity contribution in [2.24, 2.45) is 23.2 Å². The fraction of sp³-hybridized carbons (Fsp3) is 1.00. The fourth-order valence-corrected chi connectivity index (χ4v) is 5.83. The molecular weight excluding hydrogens is 274 g/mol. The summed E-state index contributed by atoms with van der Waals surface area (Å²) in [6, 6.07) is 0. The van der Waals surface area contributed by atoms with Crippen LogP contribution in [0.15, 0.2) is 0 Å². The molecule has 0 aromatic heterocycles. The average Bonchev–Trinajstić information content (AvgIpc) is 3.19. The van der Waals surface area contributed by atoms with Crippen LogP contribution in [0.5, 0.6) is 0 Å². The quantitative estimate of drug-likeness (QED) is 0.791. The summed E-state index contributed by atoms with van der Waals surface area (Å²) in [5.74, 6) is 2.70. The van der Waals surface area contributed by atoms with Gasteiger partial charge in [0.05, 0.1) is 12.7 Å². The first-order chi connectivity index (χ1) is 10.6. The molecule has 4 fully saturated rings. The van der Waals surface area contributed by atoms with Crippen molar-refractivity contribution < 1.29 is 9.47 Å². The lowest BCUT2D eigenvalue weighted by molar-refractivity contribution is -0.0909. The summed E-state index contributed by atoms with van der Waals surface area (Å²) in [5, 5.41) is 0. The Morgan fingerprint density at radius 1 is 1.09 bits per heavy atom. The van der Waals surface area contributed by atoms with Crippen LogP contribution in [0, 0.1) is 23.2 Å². The van der Waals surface area contributed by atoms with Gasteiger partial charge in [-0.2, -0.15) is 0 Å². The maximum atomic E-state index is 6.26. The minimum Gasteiger partial charge on any atom is -0.350 e. The Bertz CT molecular complexity index is 391. The first-order valence-electron chi connectivity index (χ1n) is 9.62. The van der Waals surface area contributed by atoms with Crippen LogP contribution in [-0.4, -0.2) is 43.5 Å². The van der Waals surface area contributed by atoms with Crippen LogP contribution in [-0.2, 0) is 9.47 Å². The molecule has 0 N–H and O–H groups in total. The van der Waals surface area contributed by atoms with Gasteiger partial charge in [-0.1, -0.05) is 20.3 Å². The fourth-order valence-electron chi connectivity index (χ4n) is 5.83. The van der Waals surface area contributed by atoms with E-state index < -0.39 is 0 Å². The second kappa shape index (κ2) is 6.07. The number of likely N-dealkylation sites (tertiary alicyclic amines) is 1. The van der Waals surface area contributed by atoms with Crippen LogP contribution in [0.2, 0.25) is 0 Å². The van der Waals surface area contributed by atoms with Gasteiger partial charge in [0, 0.05) is 13.0 Å². The number of hydrogen-bond acceptors (Lipinski definition) is 3. The van der Waals surface area contributed by atoms with Crippen molar-refractivity contribution in [1.29, 1.82) is 0 Å². The van der Waals surface area contributed by atoms with Crippen LogP contribution >= 0.6 is 0 Å². The van der Waals surface area contributed by atoms with Crippen molar-refractivity contribution in [2.45, 2.75) is 71.2 Å². The van der Waals surface area contributed by atoms with E-state index in [2.05, 4.69) is 18.7 Å². The summed E-state index contributed by atoms with van der Waals surface area (Å²) < 4.78 is 12.3. The highest BCUT2D eigenvalue weighted by atomic mass is 16.7. The summed E-state index contributed by atoms with van der Waals surface area (Å²) in [6.45, 7) is 9.37. The lowest BCUT2D eigenvalue weighted by Gasteiger charge is -2.39. The van der Waals surface area contributed by atoms with Crippen molar-refractivity contribution in [3.63, 3.8) is 0 Å². The topological polar surface area (TPSA) is 21.7 Å². The second-order valence-electron chi connectivity index (χ2n) is 8.82. The van der Waals surface area contributed by atoms with E-state index in [0.29, 0.717) is 11.5 Å². The average molecular weight is 307 g/mol. The molecule has 2 aliphatic heterocycles. The van der Waals surface area contributed by atoms with E-state index >= 15 is 0 Å². The number of fused-ring (bicyclic) bond motifs is 2. The Balaban J connectivity index is 1.28. The lowest BCUT2D eigenvalue weighted by atomic mass is 9.67. The minimum atomic E-state index is 0.0680. The third-order valence-electron chi connectivity index (χ3n) is 7.22. The monoisotopic (exact) mass is 307 g/mol. The van der Waals surface area contributed by atoms with E-state index in [-0.39, 0.29) is 6.29 Å². The molecule has 5 atom stereocenters. The van der Waals surface area contributed by atoms with Gasteiger partial charge in [0.2, 0.25) is 0 Å². The largest absolute Gasteiger partial charge is 0.350 e. The highest BCUT2D eigenvalue weighted by Crippen LogP contribution is 2.60. The molecule has 2 heterocycles. The Labute approximate surface area is 135 Å². The van der Waals surface area contributed by atoms with Gasteiger partial charge in [-0.05, 0) is 68.4 Å². The highest BCUT2D eigenvalue weighted by Gasteiger charge is 2.53. The maximum Gasteiger partial charge on any atom is 0.158 e. The molecule has 3 heteroatoms. The molecule has 22 heavy (non-hydrogen) atoms. The van der Waals surface area contributed by atoms with Gasteiger partial charge in [0.15, 0.2) is 6.29 Å². The summed E-state index contributed by atoms with van der Waals surface area (Å²) >= 11 is 0. The zero-order valence-electron chi connectivity index (χ0n) is 14.4. The van der Waals surface area contributed by atoms with Gasteiger partial charge >= 0.3 is 0 Å². The van der Waals surface area contributed by atoms with Gasteiger partial charge in [-0.3, -0.25) is 0 Å². The van der Waals surface area contributed by atoms with Crippen LogP contribution in [0.3, 0.4) is 0 Å². The van der Waals surface area contributed by atoms with Crippen molar-refractivity contribution in [3.8, 4) is 0 Å². The molecule has 4 aliphatic rings. The van der Waals surface area contributed by atoms with Gasteiger partial charge in [-0.25, -0.2) is 0 Å². The zero-order valence-corrected chi connectivity index (χ0v) is 14.4. The Kier molecular flexibility index (Phi) is 4.25. The molecule has 2 bridgehead atoms. The van der Waals surface area contributed by atoms with E-state index in [0.717, 1.165) is 37.3 Å². The smallest absolute Gasteiger partial charge is 0.158 e. The van der Waals surface area contributed by atoms with Crippen molar-refractivity contribution in [1.82, 2.24) is 4.90 Å². The molecule has 2 saturated carbocycles. The number of rotatable bonds is 4. The molecule has 126 valence electrons. The number of hydrogen-bond donors (Lipinski definition) is 0. The van der Waals surface area contributed by atoms with Gasteiger partial charge in [0.25, 0.3) is 0 Å². The summed E-state index contributed by atoms with van der Waals surface area (Å²) in [6.07, 6.45) is 9.99. The first-order valence-corrected chi connectivity index (χ1v) is 9.62. The van der Waals surface area contributed by atoms with Gasteiger partial charge < -0.3 is 14.4 Å². The van der Waals surface area contributed by atoms with Crippen LogP contribution < -0.4 is 0 Å². The normalized spacial score (nSPS) is 44.7. The van der Waals surface area contributed by atoms with Crippen LogP contribution in [0.25, 0.3) is 0 Å². The van der Waals surface area contributed by atoms with E-state index in [1.54, 1.807) is 0 Å². The predicted molar refractivity (Wildman–Crippen MR) is 87.6 cm³/mol. The molecular formula is C19H33NO2. The van der Waals surface area contributed by atoms with E-state index in [4.69, 9.17) is 9.47 Å². The third-order valence-corrected chi connectivity index (χ3v) is 7.22. The van der Waals surface area contributed by atoms with E-state index in [1.807, 2.05) is 0 Å². The SMILES string of the molecule is CC1(C)[C@@H]2CC[C@@H](C2)[C@@H]1C[C@@H]1OC[C@H](CN2CCCCC2)O1. The van der Waals surface area contributed by atoms with Gasteiger partial charge in [-0.15, -0.1) is 0 Å². The van der Waals surface area contributed by atoms with Crippen LogP contribution in [0.1, 0.15) is 58.8 Å². The molecule has 0 amide bonds. The molecule has 0 unspecified atom stereocenters. The zero-order chi connectivity index (χ0) is 15.2. The van der Waals surface area contributed by atoms with Gasteiger partial charge in [0.1, 0.15) is 0 Å². The molecule has 2 saturated heterocycles. The summed E-state index contributed by atoms with van der Waals surface area (Å²) in [5.41, 5.74) is 0.501. The van der Waals surface area contributed by atoms with Crippen molar-refractivity contribution in [3.05, 3.63) is 0 Å². The first kappa shape index (κ1) is 15.4. The van der Waals surface area contributed by atoms with E-state index in [1.165, 1.54) is 51.6 Å². The molecule has 0 aromatic rings. The Morgan fingerprint density at radius 2 is 1.91 bits per heavy atom. The van der Waals surface area contributed by atoms with Crippen molar-refractivity contribution in [2.75, 3.05) is 26.2 Å². The summed E-state index contributed by atoms with van der Waals surface area (Å²) in [4.78, 5) is 2.57. The molecule has 2 aliphatic carbocycles. The standard InChI is InChI=1S/C19H33NO2/c1-19(2)15-7-6-14(10-15)17(19)11-18-21-13-16(22-18)12-20-8-4-3-5-9-20/h14-18H,3-13H2,1-2H3/t14-,15+,16-,17-,18+/m0/s1. The number of ether oxygens (including phenoxy) is 2. The predicted octanol–water partition coefficient (Wildman–Crippen LogP) is 3.68. The Morgan fingerprint density at radius 3 is 2.64 bits per heavy atom. The third kappa shape index (κ3) is 2.85. The Hall–Kier alpha value is -0.120. The molecule has 4 rings (SSSR count).